The van der Waals surface area contributed by atoms with E-state index in [0.717, 1.165) is 37.5 Å². The van der Waals surface area contributed by atoms with Gasteiger partial charge in [-0.05, 0) is 82.2 Å². The van der Waals surface area contributed by atoms with Gasteiger partial charge in [-0.1, -0.05) is 0 Å². The Balaban J connectivity index is 1.43. The molecule has 4 heteroatoms. The second-order valence-electron chi connectivity index (χ2n) is 6.55. The van der Waals surface area contributed by atoms with E-state index in [-0.39, 0.29) is 0 Å². The van der Waals surface area contributed by atoms with Gasteiger partial charge in [0, 0.05) is 30.4 Å². The van der Waals surface area contributed by atoms with Crippen LogP contribution in [0, 0.1) is 0 Å². The second kappa shape index (κ2) is 8.90. The molecule has 1 aliphatic rings. The molecule has 0 radical (unpaired) electrons. The maximum atomic E-state index is 5.46. The Morgan fingerprint density at radius 2 is 1.79 bits per heavy atom. The van der Waals surface area contributed by atoms with Gasteiger partial charge in [0.25, 0.3) is 0 Å². The summed E-state index contributed by atoms with van der Waals surface area (Å²) in [5.74, 6) is 0.933. The van der Waals surface area contributed by atoms with Crippen molar-refractivity contribution >= 4 is 5.69 Å². The lowest BCUT2D eigenvalue weighted by molar-refractivity contribution is 0.410. The summed E-state index contributed by atoms with van der Waals surface area (Å²) in [6, 6.07) is 13.3. The van der Waals surface area contributed by atoms with Crippen LogP contribution < -0.4 is 15.5 Å². The number of furan rings is 1. The van der Waals surface area contributed by atoms with E-state index in [1.54, 1.807) is 6.26 Å². The number of benzene rings is 1. The van der Waals surface area contributed by atoms with Crippen molar-refractivity contribution in [1.29, 1.82) is 0 Å². The highest BCUT2D eigenvalue weighted by molar-refractivity contribution is 5.61. The van der Waals surface area contributed by atoms with Gasteiger partial charge in [0.15, 0.2) is 0 Å². The van der Waals surface area contributed by atoms with E-state index in [0.29, 0.717) is 6.04 Å². The molecule has 2 aromatic rings. The van der Waals surface area contributed by atoms with Gasteiger partial charge in [-0.15, -0.1) is 0 Å². The van der Waals surface area contributed by atoms with Gasteiger partial charge in [-0.2, -0.15) is 0 Å². The van der Waals surface area contributed by atoms with Crippen LogP contribution in [0.2, 0.25) is 0 Å². The fourth-order valence-electron chi connectivity index (χ4n) is 3.35. The molecule has 2 heterocycles. The van der Waals surface area contributed by atoms with Crippen LogP contribution in [0.15, 0.2) is 47.1 Å². The van der Waals surface area contributed by atoms with Crippen LogP contribution in [0.4, 0.5) is 5.69 Å². The molecule has 4 nitrogen and oxygen atoms in total. The van der Waals surface area contributed by atoms with Crippen molar-refractivity contribution in [1.82, 2.24) is 10.6 Å². The SMILES string of the molecule is CNCCCCNC1CCN(c2ccc(-c3ccco3)cc2)CC1. The summed E-state index contributed by atoms with van der Waals surface area (Å²) >= 11 is 0. The number of nitrogens with one attached hydrogen (secondary N) is 2. The van der Waals surface area contributed by atoms with E-state index in [9.17, 15) is 0 Å². The Morgan fingerprint density at radius 1 is 1.04 bits per heavy atom. The van der Waals surface area contributed by atoms with E-state index >= 15 is 0 Å². The summed E-state index contributed by atoms with van der Waals surface area (Å²) in [5, 5.41) is 6.92. The fraction of sp³-hybridized carbons (Fsp3) is 0.500. The van der Waals surface area contributed by atoms with Gasteiger partial charge in [-0.3, -0.25) is 0 Å². The number of piperidine rings is 1. The van der Waals surface area contributed by atoms with E-state index in [1.807, 2.05) is 19.2 Å². The van der Waals surface area contributed by atoms with E-state index in [2.05, 4.69) is 39.8 Å². The number of anilines is 1. The van der Waals surface area contributed by atoms with Crippen molar-refractivity contribution in [3.8, 4) is 11.3 Å². The largest absolute Gasteiger partial charge is 0.464 e. The average Bonchev–Trinajstić information content (AvgIpc) is 3.17. The smallest absolute Gasteiger partial charge is 0.133 e. The maximum Gasteiger partial charge on any atom is 0.133 e. The van der Waals surface area contributed by atoms with Crippen molar-refractivity contribution in [3.63, 3.8) is 0 Å². The quantitative estimate of drug-likeness (QED) is 0.728. The third kappa shape index (κ3) is 4.62. The minimum Gasteiger partial charge on any atom is -0.464 e. The summed E-state index contributed by atoms with van der Waals surface area (Å²) in [4.78, 5) is 2.49. The summed E-state index contributed by atoms with van der Waals surface area (Å²) < 4.78 is 5.46. The number of hydrogen-bond donors (Lipinski definition) is 2. The Hall–Kier alpha value is -1.78. The molecule has 0 amide bonds. The van der Waals surface area contributed by atoms with Gasteiger partial charge in [0.2, 0.25) is 0 Å². The third-order valence-corrected chi connectivity index (χ3v) is 4.82. The zero-order valence-electron chi connectivity index (χ0n) is 14.6. The Bertz CT molecular complexity index is 571. The van der Waals surface area contributed by atoms with Crippen LogP contribution >= 0.6 is 0 Å². The lowest BCUT2D eigenvalue weighted by Gasteiger charge is -2.34. The molecule has 0 saturated carbocycles. The molecule has 0 unspecified atom stereocenters. The molecule has 1 saturated heterocycles. The lowest BCUT2D eigenvalue weighted by Crippen LogP contribution is -2.42. The van der Waals surface area contributed by atoms with E-state index < -0.39 is 0 Å². The first-order valence-corrected chi connectivity index (χ1v) is 9.13. The van der Waals surface area contributed by atoms with Crippen LogP contribution in [0.3, 0.4) is 0 Å². The molecule has 0 aliphatic carbocycles. The molecule has 2 N–H and O–H groups in total. The maximum absolute atomic E-state index is 5.46. The number of unbranched alkanes of at least 4 members (excludes halogenated alkanes) is 1. The molecule has 0 bridgehead atoms. The summed E-state index contributed by atoms with van der Waals surface area (Å²) in [6.45, 7) is 4.53. The topological polar surface area (TPSA) is 40.4 Å². The van der Waals surface area contributed by atoms with Gasteiger partial charge in [0.1, 0.15) is 5.76 Å². The highest BCUT2D eigenvalue weighted by Gasteiger charge is 2.18. The predicted molar refractivity (Wildman–Crippen MR) is 101 cm³/mol. The standard InChI is InChI=1S/C20H29N3O/c1-21-12-2-3-13-22-18-10-14-23(15-11-18)19-8-6-17(7-9-19)20-5-4-16-24-20/h4-9,16,18,21-22H,2-3,10-15H2,1H3. The molecule has 0 atom stereocenters. The van der Waals surface area contributed by atoms with E-state index in [1.165, 1.54) is 31.4 Å². The van der Waals surface area contributed by atoms with Crippen molar-refractivity contribution in [2.45, 2.75) is 31.7 Å². The highest BCUT2D eigenvalue weighted by atomic mass is 16.3. The average molecular weight is 327 g/mol. The first kappa shape index (κ1) is 17.1. The Morgan fingerprint density at radius 3 is 2.46 bits per heavy atom. The van der Waals surface area contributed by atoms with Crippen LogP contribution in [-0.2, 0) is 0 Å². The molecule has 24 heavy (non-hydrogen) atoms. The van der Waals surface area contributed by atoms with Crippen molar-refractivity contribution < 1.29 is 4.42 Å². The van der Waals surface area contributed by atoms with E-state index in [4.69, 9.17) is 4.42 Å². The first-order chi connectivity index (χ1) is 11.9. The predicted octanol–water partition coefficient (Wildman–Crippen LogP) is 3.50. The molecule has 0 spiro atoms. The lowest BCUT2D eigenvalue weighted by atomic mass is 10.0. The molecule has 3 rings (SSSR count). The molecule has 1 aromatic carbocycles. The summed E-state index contributed by atoms with van der Waals surface area (Å²) in [6.07, 6.45) is 6.69. The summed E-state index contributed by atoms with van der Waals surface area (Å²) in [5.41, 5.74) is 2.46. The minimum atomic E-state index is 0.679. The normalized spacial score (nSPS) is 15.8. The molecular formula is C20H29N3O. The van der Waals surface area contributed by atoms with Gasteiger partial charge >= 0.3 is 0 Å². The molecule has 1 fully saturated rings. The second-order valence-corrected chi connectivity index (χ2v) is 6.55. The highest BCUT2D eigenvalue weighted by Crippen LogP contribution is 2.25. The molecular weight excluding hydrogens is 298 g/mol. The zero-order chi connectivity index (χ0) is 16.6. The van der Waals surface area contributed by atoms with Crippen molar-refractivity contribution in [3.05, 3.63) is 42.7 Å². The van der Waals surface area contributed by atoms with Crippen molar-refractivity contribution in [2.24, 2.45) is 0 Å². The minimum absolute atomic E-state index is 0.679. The van der Waals surface area contributed by atoms with Gasteiger partial charge < -0.3 is 20.0 Å². The van der Waals surface area contributed by atoms with Crippen LogP contribution in [0.25, 0.3) is 11.3 Å². The fourth-order valence-corrected chi connectivity index (χ4v) is 3.35. The molecule has 130 valence electrons. The molecule has 1 aliphatic heterocycles. The van der Waals surface area contributed by atoms with Gasteiger partial charge in [0.05, 0.1) is 6.26 Å². The summed E-state index contributed by atoms with van der Waals surface area (Å²) in [7, 11) is 2.02. The van der Waals surface area contributed by atoms with Crippen LogP contribution in [0.5, 0.6) is 0 Å². The monoisotopic (exact) mass is 327 g/mol. The third-order valence-electron chi connectivity index (χ3n) is 4.82. The Kier molecular flexibility index (Phi) is 6.33. The number of hydrogen-bond acceptors (Lipinski definition) is 4. The Labute approximate surface area is 145 Å². The first-order valence-electron chi connectivity index (χ1n) is 9.13. The van der Waals surface area contributed by atoms with Crippen molar-refractivity contribution in [2.75, 3.05) is 38.1 Å². The number of rotatable bonds is 8. The number of nitrogens with zero attached hydrogens (tertiary/aromatic N) is 1. The van der Waals surface area contributed by atoms with Crippen LogP contribution in [0.1, 0.15) is 25.7 Å². The zero-order valence-corrected chi connectivity index (χ0v) is 14.6. The van der Waals surface area contributed by atoms with Gasteiger partial charge in [-0.25, -0.2) is 0 Å². The molecule has 1 aromatic heterocycles. The van der Waals surface area contributed by atoms with Crippen LogP contribution in [-0.4, -0.2) is 39.3 Å².